The molecule has 7 nitrogen and oxygen atoms in total. The van der Waals surface area contributed by atoms with Crippen LogP contribution in [0.1, 0.15) is 30.0 Å². The number of rotatable bonds is 8. The minimum atomic E-state index is -0.210. The lowest BCUT2D eigenvalue weighted by Gasteiger charge is -2.07. The summed E-state index contributed by atoms with van der Waals surface area (Å²) in [6, 6.07) is 25.6. The van der Waals surface area contributed by atoms with Crippen molar-refractivity contribution < 1.29 is 9.53 Å². The molecule has 0 atom stereocenters. The zero-order chi connectivity index (χ0) is 22.5. The minimum Gasteiger partial charge on any atom is -0.489 e. The van der Waals surface area contributed by atoms with Crippen molar-refractivity contribution in [2.24, 2.45) is 0 Å². The summed E-state index contributed by atoms with van der Waals surface area (Å²) >= 11 is 0. The van der Waals surface area contributed by atoms with Crippen molar-refractivity contribution in [2.75, 3.05) is 5.32 Å². The summed E-state index contributed by atoms with van der Waals surface area (Å²) in [6.07, 6.45) is 5.48. The molecule has 4 aromatic rings. The second-order valence-electron chi connectivity index (χ2n) is 7.92. The highest BCUT2D eigenvalue weighted by molar-refractivity contribution is 6.02. The van der Waals surface area contributed by atoms with E-state index in [9.17, 15) is 4.79 Å². The fourth-order valence-electron chi connectivity index (χ4n) is 3.46. The molecule has 1 fully saturated rings. The molecule has 1 saturated carbocycles. The Morgan fingerprint density at radius 3 is 2.64 bits per heavy atom. The molecule has 0 aliphatic heterocycles. The van der Waals surface area contributed by atoms with E-state index in [-0.39, 0.29) is 5.91 Å². The van der Waals surface area contributed by atoms with Crippen molar-refractivity contribution in [3.05, 3.63) is 96.1 Å². The van der Waals surface area contributed by atoms with Gasteiger partial charge in [-0.25, -0.2) is 4.68 Å². The van der Waals surface area contributed by atoms with Crippen LogP contribution in [0.25, 0.3) is 17.5 Å². The number of nitrogens with zero attached hydrogens (tertiary/aromatic N) is 4. The fourth-order valence-corrected chi connectivity index (χ4v) is 3.46. The van der Waals surface area contributed by atoms with Gasteiger partial charge in [-0.05, 0) is 64.7 Å². The average Bonchev–Trinajstić information content (AvgIpc) is 3.59. The molecular weight excluding hydrogens is 414 g/mol. The third-order valence-corrected chi connectivity index (χ3v) is 5.33. The van der Waals surface area contributed by atoms with Crippen LogP contribution < -0.4 is 10.1 Å². The van der Waals surface area contributed by atoms with Crippen LogP contribution in [0, 0.1) is 0 Å². The molecule has 0 saturated heterocycles. The number of anilines is 1. The molecule has 1 aliphatic rings. The summed E-state index contributed by atoms with van der Waals surface area (Å²) in [5.41, 5.74) is 3.60. The normalized spacial score (nSPS) is 13.2. The minimum absolute atomic E-state index is 0.210. The number of carbonyl (C=O) groups excluding carboxylic acids is 1. The maximum atomic E-state index is 12.4. The molecule has 0 bridgehead atoms. The van der Waals surface area contributed by atoms with Crippen LogP contribution in [0.15, 0.2) is 84.9 Å². The van der Waals surface area contributed by atoms with Crippen molar-refractivity contribution in [1.29, 1.82) is 0 Å². The van der Waals surface area contributed by atoms with Gasteiger partial charge >= 0.3 is 0 Å². The number of benzene rings is 3. The van der Waals surface area contributed by atoms with E-state index in [1.54, 1.807) is 6.08 Å². The van der Waals surface area contributed by atoms with E-state index in [2.05, 4.69) is 20.8 Å². The van der Waals surface area contributed by atoms with Crippen molar-refractivity contribution in [3.63, 3.8) is 0 Å². The van der Waals surface area contributed by atoms with Crippen molar-refractivity contribution in [1.82, 2.24) is 20.2 Å². The van der Waals surface area contributed by atoms with Gasteiger partial charge in [-0.3, -0.25) is 4.79 Å². The molecule has 5 rings (SSSR count). The number of tetrazole rings is 1. The van der Waals surface area contributed by atoms with Gasteiger partial charge in [-0.1, -0.05) is 54.6 Å². The van der Waals surface area contributed by atoms with Crippen molar-refractivity contribution >= 4 is 17.7 Å². The van der Waals surface area contributed by atoms with Crippen molar-refractivity contribution in [3.8, 4) is 17.1 Å². The number of carbonyl (C=O) groups is 1. The summed E-state index contributed by atoms with van der Waals surface area (Å²) in [7, 11) is 0. The third-order valence-electron chi connectivity index (χ3n) is 5.33. The molecule has 1 aliphatic carbocycles. The fraction of sp³-hybridized carbons (Fsp3) is 0.154. The number of amides is 1. The zero-order valence-electron chi connectivity index (χ0n) is 18.0. The van der Waals surface area contributed by atoms with Gasteiger partial charge in [0, 0.05) is 17.3 Å². The van der Waals surface area contributed by atoms with E-state index in [1.807, 2.05) is 83.5 Å². The molecule has 164 valence electrons. The van der Waals surface area contributed by atoms with Gasteiger partial charge in [-0.15, -0.1) is 5.10 Å². The van der Waals surface area contributed by atoms with Crippen LogP contribution in [0.4, 0.5) is 5.69 Å². The predicted molar refractivity (Wildman–Crippen MR) is 126 cm³/mol. The molecule has 0 spiro atoms. The lowest BCUT2D eigenvalue weighted by atomic mass is 10.1. The Hall–Kier alpha value is -4.26. The van der Waals surface area contributed by atoms with E-state index in [0.29, 0.717) is 18.3 Å². The van der Waals surface area contributed by atoms with Gasteiger partial charge in [0.15, 0.2) is 5.82 Å². The Morgan fingerprint density at radius 2 is 1.85 bits per heavy atom. The molecule has 1 N–H and O–H groups in total. The quantitative estimate of drug-likeness (QED) is 0.396. The first-order chi connectivity index (χ1) is 16.2. The molecule has 3 aromatic carbocycles. The van der Waals surface area contributed by atoms with Gasteiger partial charge in [0.1, 0.15) is 12.4 Å². The van der Waals surface area contributed by atoms with Crippen LogP contribution in [-0.2, 0) is 11.4 Å². The number of nitrogens with one attached hydrogen (secondary N) is 1. The lowest BCUT2D eigenvalue weighted by Crippen LogP contribution is -2.08. The first-order valence-corrected chi connectivity index (χ1v) is 10.9. The van der Waals surface area contributed by atoms with E-state index in [0.717, 1.165) is 41.1 Å². The van der Waals surface area contributed by atoms with Gasteiger partial charge in [0.25, 0.3) is 0 Å². The van der Waals surface area contributed by atoms with Gasteiger partial charge < -0.3 is 10.1 Å². The Bertz CT molecular complexity index is 1260. The first kappa shape index (κ1) is 20.6. The molecule has 1 aromatic heterocycles. The topological polar surface area (TPSA) is 81.9 Å². The summed E-state index contributed by atoms with van der Waals surface area (Å²) in [5, 5.41) is 14.9. The SMILES string of the molecule is O=C(/C=C/c1ccc(OCc2ccccc2)cc1)Nc1cccc(-c2nnnn2C2CC2)c1. The Balaban J connectivity index is 1.18. The van der Waals surface area contributed by atoms with E-state index >= 15 is 0 Å². The largest absolute Gasteiger partial charge is 0.489 e. The summed E-state index contributed by atoms with van der Waals surface area (Å²) in [4.78, 5) is 12.4. The monoisotopic (exact) mass is 437 g/mol. The van der Waals surface area contributed by atoms with Gasteiger partial charge in [0.05, 0.1) is 6.04 Å². The van der Waals surface area contributed by atoms with E-state index < -0.39 is 0 Å². The average molecular weight is 438 g/mol. The van der Waals surface area contributed by atoms with Crippen LogP contribution in [0.2, 0.25) is 0 Å². The van der Waals surface area contributed by atoms with Crippen LogP contribution >= 0.6 is 0 Å². The van der Waals surface area contributed by atoms with Gasteiger partial charge in [0.2, 0.25) is 5.91 Å². The maximum absolute atomic E-state index is 12.4. The smallest absolute Gasteiger partial charge is 0.248 e. The van der Waals surface area contributed by atoms with Crippen LogP contribution in [0.5, 0.6) is 5.75 Å². The predicted octanol–water partition coefficient (Wildman–Crippen LogP) is 4.91. The molecular formula is C26H23N5O2. The third kappa shape index (κ3) is 5.33. The summed E-state index contributed by atoms with van der Waals surface area (Å²) < 4.78 is 7.66. The highest BCUT2D eigenvalue weighted by Gasteiger charge is 2.28. The Morgan fingerprint density at radius 1 is 1.03 bits per heavy atom. The Kier molecular flexibility index (Phi) is 5.93. The molecule has 0 unspecified atom stereocenters. The maximum Gasteiger partial charge on any atom is 0.248 e. The highest BCUT2D eigenvalue weighted by Crippen LogP contribution is 2.36. The van der Waals surface area contributed by atoms with Crippen molar-refractivity contribution in [2.45, 2.75) is 25.5 Å². The second kappa shape index (κ2) is 9.48. The van der Waals surface area contributed by atoms with Crippen LogP contribution in [0.3, 0.4) is 0 Å². The Labute approximate surface area is 191 Å². The first-order valence-electron chi connectivity index (χ1n) is 10.9. The molecule has 1 heterocycles. The van der Waals surface area contributed by atoms with E-state index in [1.165, 1.54) is 6.08 Å². The highest BCUT2D eigenvalue weighted by atomic mass is 16.5. The second-order valence-corrected chi connectivity index (χ2v) is 7.92. The zero-order valence-corrected chi connectivity index (χ0v) is 18.0. The molecule has 0 radical (unpaired) electrons. The number of hydrogen-bond donors (Lipinski definition) is 1. The number of ether oxygens (including phenoxy) is 1. The molecule has 33 heavy (non-hydrogen) atoms. The number of hydrogen-bond acceptors (Lipinski definition) is 5. The van der Waals surface area contributed by atoms with Crippen LogP contribution in [-0.4, -0.2) is 26.1 Å². The molecule has 1 amide bonds. The molecule has 7 heteroatoms. The number of aromatic nitrogens is 4. The van der Waals surface area contributed by atoms with E-state index in [4.69, 9.17) is 4.74 Å². The lowest BCUT2D eigenvalue weighted by molar-refractivity contribution is -0.111. The summed E-state index contributed by atoms with van der Waals surface area (Å²) in [5.74, 6) is 1.29. The van der Waals surface area contributed by atoms with Gasteiger partial charge in [-0.2, -0.15) is 0 Å². The standard InChI is InChI=1S/C26H23N5O2/c32-25(16-11-19-9-14-24(15-10-19)33-18-20-5-2-1-3-6-20)27-22-8-4-7-21(17-22)26-28-29-30-31(26)23-12-13-23/h1-11,14-17,23H,12-13,18H2,(H,27,32)/b16-11+. The summed E-state index contributed by atoms with van der Waals surface area (Å²) in [6.45, 7) is 0.518.